The van der Waals surface area contributed by atoms with Gasteiger partial charge in [0.05, 0.1) is 6.26 Å². The summed E-state index contributed by atoms with van der Waals surface area (Å²) in [5.41, 5.74) is 0. The molecule has 22 heavy (non-hydrogen) atoms. The van der Waals surface area contributed by atoms with Gasteiger partial charge in [-0.25, -0.2) is 26.7 Å². The molecule has 0 aromatic carbocycles. The molecular formula is C13H23F2N3O3S. The zero-order chi connectivity index (χ0) is 16.4. The molecule has 1 unspecified atom stereocenters. The number of nitrogens with zero attached hydrogens (tertiary/aromatic N) is 2. The quantitative estimate of drug-likeness (QED) is 0.841. The van der Waals surface area contributed by atoms with Crippen molar-refractivity contribution in [3.05, 3.63) is 0 Å². The van der Waals surface area contributed by atoms with Gasteiger partial charge in [0.15, 0.2) is 0 Å². The van der Waals surface area contributed by atoms with Crippen molar-refractivity contribution in [1.29, 1.82) is 0 Å². The Balaban J connectivity index is 1.96. The number of amides is 2. The van der Waals surface area contributed by atoms with Crippen LogP contribution >= 0.6 is 0 Å². The van der Waals surface area contributed by atoms with Crippen LogP contribution in [0.25, 0.3) is 0 Å². The predicted molar refractivity (Wildman–Crippen MR) is 78.3 cm³/mol. The third-order valence-electron chi connectivity index (χ3n) is 4.22. The smallest absolute Gasteiger partial charge is 0.320 e. The first-order valence-corrected chi connectivity index (χ1v) is 9.45. The van der Waals surface area contributed by atoms with Crippen LogP contribution in [-0.4, -0.2) is 68.6 Å². The molecule has 2 saturated heterocycles. The van der Waals surface area contributed by atoms with E-state index in [0.717, 1.165) is 25.5 Å². The van der Waals surface area contributed by atoms with Crippen LogP contribution in [-0.2, 0) is 10.0 Å². The Kier molecular flexibility index (Phi) is 5.26. The van der Waals surface area contributed by atoms with Gasteiger partial charge in [0.25, 0.3) is 5.92 Å². The van der Waals surface area contributed by atoms with E-state index in [0.29, 0.717) is 6.54 Å². The molecule has 0 bridgehead atoms. The van der Waals surface area contributed by atoms with Crippen LogP contribution in [0, 0.1) is 0 Å². The van der Waals surface area contributed by atoms with Crippen LogP contribution in [0.2, 0.25) is 0 Å². The van der Waals surface area contributed by atoms with Crippen LogP contribution in [0.4, 0.5) is 13.6 Å². The predicted octanol–water partition coefficient (Wildman–Crippen LogP) is 1.24. The van der Waals surface area contributed by atoms with Crippen LogP contribution < -0.4 is 4.72 Å². The third kappa shape index (κ3) is 4.77. The van der Waals surface area contributed by atoms with Gasteiger partial charge < -0.3 is 9.80 Å². The van der Waals surface area contributed by atoms with Crippen molar-refractivity contribution in [3.63, 3.8) is 0 Å². The summed E-state index contributed by atoms with van der Waals surface area (Å²) in [6.45, 7) is 0.819. The van der Waals surface area contributed by atoms with Gasteiger partial charge in [-0.2, -0.15) is 0 Å². The Bertz CT molecular complexity index is 503. The maximum atomic E-state index is 13.2. The minimum absolute atomic E-state index is 0.0502. The molecule has 128 valence electrons. The van der Waals surface area contributed by atoms with E-state index in [4.69, 9.17) is 0 Å². The Labute approximate surface area is 129 Å². The van der Waals surface area contributed by atoms with Gasteiger partial charge in [0.1, 0.15) is 0 Å². The average molecular weight is 339 g/mol. The van der Waals surface area contributed by atoms with Crippen molar-refractivity contribution in [1.82, 2.24) is 14.5 Å². The Morgan fingerprint density at radius 1 is 1.23 bits per heavy atom. The number of urea groups is 1. The highest BCUT2D eigenvalue weighted by molar-refractivity contribution is 7.88. The molecule has 2 rings (SSSR count). The second-order valence-corrected chi connectivity index (χ2v) is 7.92. The topological polar surface area (TPSA) is 69.7 Å². The molecule has 0 radical (unpaired) electrons. The summed E-state index contributed by atoms with van der Waals surface area (Å²) in [7, 11) is -3.31. The van der Waals surface area contributed by atoms with E-state index in [2.05, 4.69) is 4.72 Å². The van der Waals surface area contributed by atoms with Crippen molar-refractivity contribution in [3.8, 4) is 0 Å². The van der Waals surface area contributed by atoms with E-state index in [1.165, 1.54) is 4.90 Å². The molecule has 1 atom stereocenters. The largest absolute Gasteiger partial charge is 0.324 e. The van der Waals surface area contributed by atoms with Crippen LogP contribution in [0.1, 0.15) is 32.1 Å². The van der Waals surface area contributed by atoms with E-state index in [9.17, 15) is 22.0 Å². The summed E-state index contributed by atoms with van der Waals surface area (Å²) in [5.74, 6) is -2.68. The number of rotatable bonds is 3. The highest BCUT2D eigenvalue weighted by Crippen LogP contribution is 2.29. The fraction of sp³-hybridized carbons (Fsp3) is 0.923. The molecule has 2 aliphatic heterocycles. The van der Waals surface area contributed by atoms with Crippen molar-refractivity contribution in [2.45, 2.75) is 44.1 Å². The number of carbonyl (C=O) groups excluding carboxylic acids is 1. The lowest BCUT2D eigenvalue weighted by atomic mass is 10.0. The first kappa shape index (κ1) is 17.4. The lowest BCUT2D eigenvalue weighted by Crippen LogP contribution is -2.55. The van der Waals surface area contributed by atoms with Gasteiger partial charge in [0.2, 0.25) is 10.0 Å². The summed E-state index contributed by atoms with van der Waals surface area (Å²) in [6.07, 6.45) is 2.97. The molecule has 2 fully saturated rings. The van der Waals surface area contributed by atoms with Crippen molar-refractivity contribution in [2.75, 3.05) is 32.4 Å². The highest BCUT2D eigenvalue weighted by Gasteiger charge is 2.38. The van der Waals surface area contributed by atoms with Gasteiger partial charge in [-0.15, -0.1) is 0 Å². The molecule has 9 heteroatoms. The second kappa shape index (κ2) is 6.66. The number of hydrogen-bond acceptors (Lipinski definition) is 3. The van der Waals surface area contributed by atoms with Crippen LogP contribution in [0.3, 0.4) is 0 Å². The Hall–Kier alpha value is -0.960. The normalized spacial score (nSPS) is 26.0. The molecular weight excluding hydrogens is 316 g/mol. The minimum atomic E-state index is -3.31. The number of nitrogens with one attached hydrogen (secondary N) is 1. The molecule has 0 aromatic heterocycles. The Morgan fingerprint density at radius 3 is 2.45 bits per heavy atom. The average Bonchev–Trinajstić information content (AvgIpc) is 2.44. The molecule has 1 N–H and O–H groups in total. The second-order valence-electron chi connectivity index (χ2n) is 6.09. The van der Waals surface area contributed by atoms with E-state index in [-0.39, 0.29) is 44.5 Å². The summed E-state index contributed by atoms with van der Waals surface area (Å²) >= 11 is 0. The number of carbonyl (C=O) groups is 1. The summed E-state index contributed by atoms with van der Waals surface area (Å²) in [4.78, 5) is 15.6. The zero-order valence-electron chi connectivity index (χ0n) is 12.7. The molecule has 0 aromatic rings. The van der Waals surface area contributed by atoms with E-state index in [1.54, 1.807) is 4.90 Å². The van der Waals surface area contributed by atoms with Gasteiger partial charge in [0, 0.05) is 45.1 Å². The summed E-state index contributed by atoms with van der Waals surface area (Å²) in [6, 6.07) is -0.464. The number of piperidine rings is 2. The molecule has 0 saturated carbocycles. The summed E-state index contributed by atoms with van der Waals surface area (Å²) < 4.78 is 51.2. The van der Waals surface area contributed by atoms with Crippen molar-refractivity contribution < 1.29 is 22.0 Å². The SMILES string of the molecule is CS(=O)(=O)NCC1CCCCN1C(=O)N1CCC(F)(F)CC1. The maximum absolute atomic E-state index is 13.2. The van der Waals surface area contributed by atoms with Crippen LogP contribution in [0.5, 0.6) is 0 Å². The van der Waals surface area contributed by atoms with Gasteiger partial charge in [-0.1, -0.05) is 0 Å². The minimum Gasteiger partial charge on any atom is -0.324 e. The number of alkyl halides is 2. The summed E-state index contributed by atoms with van der Waals surface area (Å²) in [5, 5.41) is 0. The molecule has 6 nitrogen and oxygen atoms in total. The fourth-order valence-electron chi connectivity index (χ4n) is 2.92. The van der Waals surface area contributed by atoms with Gasteiger partial charge in [-0.05, 0) is 19.3 Å². The standard InChI is InChI=1S/C13H23F2N3O3S/c1-22(20,21)16-10-11-4-2-3-7-18(11)12(19)17-8-5-13(14,15)6-9-17/h11,16H,2-10H2,1H3. The van der Waals surface area contributed by atoms with Gasteiger partial charge in [-0.3, -0.25) is 0 Å². The lowest BCUT2D eigenvalue weighted by molar-refractivity contribution is -0.0502. The molecule has 0 aliphatic carbocycles. The van der Waals surface area contributed by atoms with Gasteiger partial charge >= 0.3 is 6.03 Å². The number of hydrogen-bond donors (Lipinski definition) is 1. The zero-order valence-corrected chi connectivity index (χ0v) is 13.5. The van der Waals surface area contributed by atoms with Crippen LogP contribution in [0.15, 0.2) is 0 Å². The molecule has 0 spiro atoms. The first-order chi connectivity index (χ1) is 10.2. The van der Waals surface area contributed by atoms with Crippen molar-refractivity contribution in [2.24, 2.45) is 0 Å². The molecule has 2 aliphatic rings. The molecule has 2 amide bonds. The van der Waals surface area contributed by atoms with Crippen molar-refractivity contribution >= 4 is 16.1 Å². The van der Waals surface area contributed by atoms with E-state index in [1.807, 2.05) is 0 Å². The number of halogens is 2. The molecule has 2 heterocycles. The monoisotopic (exact) mass is 339 g/mol. The van der Waals surface area contributed by atoms with E-state index < -0.39 is 15.9 Å². The maximum Gasteiger partial charge on any atom is 0.320 e. The van der Waals surface area contributed by atoms with E-state index >= 15 is 0 Å². The lowest BCUT2D eigenvalue weighted by Gasteiger charge is -2.41. The number of likely N-dealkylation sites (tertiary alicyclic amines) is 2. The highest BCUT2D eigenvalue weighted by atomic mass is 32.2. The third-order valence-corrected chi connectivity index (χ3v) is 4.91. The number of sulfonamides is 1. The Morgan fingerprint density at radius 2 is 1.86 bits per heavy atom. The first-order valence-electron chi connectivity index (χ1n) is 7.56. The fourth-order valence-corrected chi connectivity index (χ4v) is 3.41.